The van der Waals surface area contributed by atoms with Crippen LogP contribution >= 0.6 is 0 Å². The van der Waals surface area contributed by atoms with Crippen LogP contribution in [-0.2, 0) is 17.6 Å². The molecule has 96 valence electrons. The first-order chi connectivity index (χ1) is 8.74. The molecule has 3 rings (SSSR count). The minimum atomic E-state index is 0.251. The molecule has 1 aliphatic heterocycles. The standard InChI is InChI=1S/C16H21NO/c1-12(18)15-8-9-17(11-15)16-7-6-13-4-2-3-5-14(13)10-16/h6-7,10,15H,2-5,8-9,11H2,1H3. The molecule has 1 aromatic carbocycles. The van der Waals surface area contributed by atoms with Crippen molar-refractivity contribution in [3.05, 3.63) is 29.3 Å². The van der Waals surface area contributed by atoms with Crippen molar-refractivity contribution in [1.29, 1.82) is 0 Å². The van der Waals surface area contributed by atoms with Crippen LogP contribution in [0.1, 0.15) is 37.3 Å². The Kier molecular flexibility index (Phi) is 3.11. The van der Waals surface area contributed by atoms with Crippen molar-refractivity contribution >= 4 is 11.5 Å². The predicted octanol–water partition coefficient (Wildman–Crippen LogP) is 2.98. The van der Waals surface area contributed by atoms with Gasteiger partial charge in [-0.3, -0.25) is 4.79 Å². The van der Waals surface area contributed by atoms with Crippen molar-refractivity contribution in [2.24, 2.45) is 5.92 Å². The van der Waals surface area contributed by atoms with Gasteiger partial charge in [0.1, 0.15) is 5.78 Å². The molecule has 0 bridgehead atoms. The molecule has 0 aromatic heterocycles. The van der Waals surface area contributed by atoms with Crippen LogP contribution in [0.5, 0.6) is 0 Å². The molecule has 0 amide bonds. The maximum absolute atomic E-state index is 11.4. The molecular formula is C16H21NO. The zero-order valence-corrected chi connectivity index (χ0v) is 11.1. The first-order valence-corrected chi connectivity index (χ1v) is 7.11. The molecule has 0 N–H and O–H groups in total. The average Bonchev–Trinajstić information content (AvgIpc) is 2.88. The molecule has 0 radical (unpaired) electrons. The molecule has 0 saturated carbocycles. The van der Waals surface area contributed by atoms with Crippen molar-refractivity contribution in [3.8, 4) is 0 Å². The molecule has 1 aromatic rings. The van der Waals surface area contributed by atoms with Crippen molar-refractivity contribution in [3.63, 3.8) is 0 Å². The average molecular weight is 243 g/mol. The Bertz CT molecular complexity index is 466. The van der Waals surface area contributed by atoms with E-state index in [0.29, 0.717) is 5.78 Å². The lowest BCUT2D eigenvalue weighted by molar-refractivity contribution is -0.120. The lowest BCUT2D eigenvalue weighted by atomic mass is 9.91. The number of carbonyl (C=O) groups excluding carboxylic acids is 1. The summed E-state index contributed by atoms with van der Waals surface area (Å²) in [6.07, 6.45) is 6.15. The highest BCUT2D eigenvalue weighted by Crippen LogP contribution is 2.29. The van der Waals surface area contributed by atoms with E-state index in [1.807, 2.05) is 0 Å². The Morgan fingerprint density at radius 2 is 2.00 bits per heavy atom. The fraction of sp³-hybridized carbons (Fsp3) is 0.562. The summed E-state index contributed by atoms with van der Waals surface area (Å²) in [5, 5.41) is 0. The highest BCUT2D eigenvalue weighted by atomic mass is 16.1. The highest BCUT2D eigenvalue weighted by Gasteiger charge is 2.26. The van der Waals surface area contributed by atoms with Gasteiger partial charge in [-0.05, 0) is 62.3 Å². The normalized spacial score (nSPS) is 22.9. The van der Waals surface area contributed by atoms with E-state index in [0.717, 1.165) is 19.5 Å². The number of rotatable bonds is 2. The second kappa shape index (κ2) is 4.75. The third-order valence-corrected chi connectivity index (χ3v) is 4.46. The first-order valence-electron chi connectivity index (χ1n) is 7.11. The lowest BCUT2D eigenvalue weighted by Gasteiger charge is -2.22. The minimum Gasteiger partial charge on any atom is -0.371 e. The Hall–Kier alpha value is -1.31. The predicted molar refractivity (Wildman–Crippen MR) is 74.1 cm³/mol. The van der Waals surface area contributed by atoms with Gasteiger partial charge in [0.2, 0.25) is 0 Å². The largest absolute Gasteiger partial charge is 0.371 e. The number of anilines is 1. The second-order valence-corrected chi connectivity index (χ2v) is 5.70. The van der Waals surface area contributed by atoms with Gasteiger partial charge >= 0.3 is 0 Å². The van der Waals surface area contributed by atoms with Crippen molar-refractivity contribution in [2.45, 2.75) is 39.0 Å². The van der Waals surface area contributed by atoms with Crippen molar-refractivity contribution < 1.29 is 4.79 Å². The summed E-state index contributed by atoms with van der Waals surface area (Å²) in [6.45, 7) is 3.66. The van der Waals surface area contributed by atoms with E-state index >= 15 is 0 Å². The number of ketones is 1. The van der Waals surface area contributed by atoms with E-state index in [2.05, 4.69) is 23.1 Å². The SMILES string of the molecule is CC(=O)C1CCN(c2ccc3c(c2)CCCC3)C1. The first kappa shape index (κ1) is 11.8. The molecular weight excluding hydrogens is 222 g/mol. The van der Waals surface area contributed by atoms with Crippen molar-refractivity contribution in [1.82, 2.24) is 0 Å². The molecule has 2 nitrogen and oxygen atoms in total. The molecule has 1 aliphatic carbocycles. The van der Waals surface area contributed by atoms with Crippen LogP contribution < -0.4 is 4.90 Å². The van der Waals surface area contributed by atoms with Crippen LogP contribution in [0.25, 0.3) is 0 Å². The molecule has 1 fully saturated rings. The molecule has 1 unspecified atom stereocenters. The van der Waals surface area contributed by atoms with Gasteiger partial charge in [0.05, 0.1) is 0 Å². The maximum Gasteiger partial charge on any atom is 0.134 e. The van der Waals surface area contributed by atoms with Crippen LogP contribution in [0.4, 0.5) is 5.69 Å². The number of benzene rings is 1. The summed E-state index contributed by atoms with van der Waals surface area (Å²) in [5.74, 6) is 0.594. The van der Waals surface area contributed by atoms with Gasteiger partial charge in [0, 0.05) is 24.7 Å². The van der Waals surface area contributed by atoms with Crippen LogP contribution in [-0.4, -0.2) is 18.9 Å². The molecule has 18 heavy (non-hydrogen) atoms. The topological polar surface area (TPSA) is 20.3 Å². The number of hydrogen-bond acceptors (Lipinski definition) is 2. The molecule has 0 spiro atoms. The number of Topliss-reactive ketones (excluding diaryl/α,β-unsaturated/α-hetero) is 1. The zero-order chi connectivity index (χ0) is 12.5. The molecule has 1 saturated heterocycles. The van der Waals surface area contributed by atoms with Crippen LogP contribution in [0.15, 0.2) is 18.2 Å². The molecule has 2 heteroatoms. The molecule has 1 heterocycles. The Morgan fingerprint density at radius 3 is 2.72 bits per heavy atom. The maximum atomic E-state index is 11.4. The van der Waals surface area contributed by atoms with Gasteiger partial charge in [0.15, 0.2) is 0 Å². The van der Waals surface area contributed by atoms with Crippen LogP contribution in [0.2, 0.25) is 0 Å². The van der Waals surface area contributed by atoms with E-state index in [4.69, 9.17) is 0 Å². The quantitative estimate of drug-likeness (QED) is 0.796. The fourth-order valence-electron chi connectivity index (χ4n) is 3.24. The summed E-state index contributed by atoms with van der Waals surface area (Å²) < 4.78 is 0. The summed E-state index contributed by atoms with van der Waals surface area (Å²) in [5.41, 5.74) is 4.39. The summed E-state index contributed by atoms with van der Waals surface area (Å²) in [7, 11) is 0. The Morgan fingerprint density at radius 1 is 1.22 bits per heavy atom. The monoisotopic (exact) mass is 243 g/mol. The van der Waals surface area contributed by atoms with Crippen molar-refractivity contribution in [2.75, 3.05) is 18.0 Å². The zero-order valence-electron chi connectivity index (χ0n) is 11.1. The smallest absolute Gasteiger partial charge is 0.134 e. The van der Waals surface area contributed by atoms with Gasteiger partial charge in [0.25, 0.3) is 0 Å². The van der Waals surface area contributed by atoms with E-state index in [-0.39, 0.29) is 5.92 Å². The summed E-state index contributed by atoms with van der Waals surface area (Å²) in [4.78, 5) is 13.8. The summed E-state index contributed by atoms with van der Waals surface area (Å²) in [6, 6.07) is 6.90. The van der Waals surface area contributed by atoms with E-state index in [1.54, 1.807) is 6.92 Å². The lowest BCUT2D eigenvalue weighted by Crippen LogP contribution is -2.22. The second-order valence-electron chi connectivity index (χ2n) is 5.70. The molecule has 2 aliphatic rings. The van der Waals surface area contributed by atoms with Gasteiger partial charge in [-0.15, -0.1) is 0 Å². The number of carbonyl (C=O) groups is 1. The summed E-state index contributed by atoms with van der Waals surface area (Å²) >= 11 is 0. The van der Waals surface area contributed by atoms with E-state index < -0.39 is 0 Å². The minimum absolute atomic E-state index is 0.251. The number of nitrogens with zero attached hydrogens (tertiary/aromatic N) is 1. The van der Waals surface area contributed by atoms with E-state index in [1.165, 1.54) is 42.5 Å². The van der Waals surface area contributed by atoms with Crippen LogP contribution in [0.3, 0.4) is 0 Å². The van der Waals surface area contributed by atoms with Gasteiger partial charge < -0.3 is 4.90 Å². The third kappa shape index (κ3) is 2.16. The Labute approximate surface area is 109 Å². The number of aryl methyl sites for hydroxylation is 2. The van der Waals surface area contributed by atoms with Gasteiger partial charge in [-0.25, -0.2) is 0 Å². The van der Waals surface area contributed by atoms with Crippen LogP contribution in [0, 0.1) is 5.92 Å². The fourth-order valence-corrected chi connectivity index (χ4v) is 3.24. The van der Waals surface area contributed by atoms with Gasteiger partial charge in [-0.2, -0.15) is 0 Å². The van der Waals surface area contributed by atoms with Gasteiger partial charge in [-0.1, -0.05) is 6.07 Å². The third-order valence-electron chi connectivity index (χ3n) is 4.46. The van der Waals surface area contributed by atoms with E-state index in [9.17, 15) is 4.79 Å². The number of hydrogen-bond donors (Lipinski definition) is 0. The highest BCUT2D eigenvalue weighted by molar-refractivity contribution is 5.79. The Balaban J connectivity index is 1.79. The molecule has 1 atom stereocenters. The number of fused-ring (bicyclic) bond motifs is 1.